The molecule has 2 nitrogen and oxygen atoms in total. The van der Waals surface area contributed by atoms with Gasteiger partial charge in [0.25, 0.3) is 0 Å². The minimum atomic E-state index is 0.313. The van der Waals surface area contributed by atoms with E-state index >= 15 is 0 Å². The first kappa shape index (κ1) is 11.0. The van der Waals surface area contributed by atoms with Crippen molar-refractivity contribution >= 4 is 15.9 Å². The van der Waals surface area contributed by atoms with Crippen LogP contribution in [0.15, 0.2) is 22.7 Å². The predicted octanol–water partition coefficient (Wildman–Crippen LogP) is 3.14. The summed E-state index contributed by atoms with van der Waals surface area (Å²) in [6.07, 6.45) is 2.61. The van der Waals surface area contributed by atoms with Crippen LogP contribution in [0.5, 0.6) is 5.75 Å². The fourth-order valence-electron chi connectivity index (χ4n) is 2.11. The number of hydrogen-bond donors (Lipinski definition) is 1. The third-order valence-corrected chi connectivity index (χ3v) is 3.72. The van der Waals surface area contributed by atoms with E-state index in [4.69, 9.17) is 0 Å². The monoisotopic (exact) mass is 269 g/mol. The quantitative estimate of drug-likeness (QED) is 0.892. The molecule has 1 atom stereocenters. The standard InChI is InChI=1S/C12H16BrNO/c1-9-3-2-6-14(9)8-10-4-5-12(15)11(13)7-10/h4-5,7,9,15H,2-3,6,8H2,1H3. The van der Waals surface area contributed by atoms with Gasteiger partial charge < -0.3 is 5.11 Å². The first-order valence-electron chi connectivity index (χ1n) is 5.38. The molecule has 0 aromatic heterocycles. The number of phenols is 1. The van der Waals surface area contributed by atoms with Gasteiger partial charge in [0.05, 0.1) is 4.47 Å². The lowest BCUT2D eigenvalue weighted by atomic mass is 10.2. The molecule has 1 aliphatic heterocycles. The van der Waals surface area contributed by atoms with Gasteiger partial charge in [-0.1, -0.05) is 6.07 Å². The van der Waals surface area contributed by atoms with Crippen LogP contribution in [0, 0.1) is 0 Å². The summed E-state index contributed by atoms with van der Waals surface area (Å²) in [4.78, 5) is 2.48. The largest absolute Gasteiger partial charge is 0.507 e. The molecule has 1 unspecified atom stereocenters. The van der Waals surface area contributed by atoms with Crippen molar-refractivity contribution in [2.24, 2.45) is 0 Å². The lowest BCUT2D eigenvalue weighted by molar-refractivity contribution is 0.260. The molecule has 1 aromatic rings. The third-order valence-electron chi connectivity index (χ3n) is 3.09. The number of benzene rings is 1. The van der Waals surface area contributed by atoms with Gasteiger partial charge in [-0.3, -0.25) is 4.90 Å². The molecule has 1 aliphatic rings. The van der Waals surface area contributed by atoms with Crippen molar-refractivity contribution < 1.29 is 5.11 Å². The van der Waals surface area contributed by atoms with Crippen LogP contribution in [-0.4, -0.2) is 22.6 Å². The zero-order chi connectivity index (χ0) is 10.8. The highest BCUT2D eigenvalue weighted by Gasteiger charge is 2.19. The number of aromatic hydroxyl groups is 1. The average molecular weight is 270 g/mol. The molecule has 0 saturated carbocycles. The van der Waals surface area contributed by atoms with Gasteiger partial charge in [0.15, 0.2) is 0 Å². The molecule has 0 amide bonds. The Morgan fingerprint density at radius 3 is 2.93 bits per heavy atom. The first-order chi connectivity index (χ1) is 7.16. The van der Waals surface area contributed by atoms with Gasteiger partial charge in [0.1, 0.15) is 5.75 Å². The number of hydrogen-bond acceptors (Lipinski definition) is 2. The maximum absolute atomic E-state index is 9.40. The van der Waals surface area contributed by atoms with E-state index in [2.05, 4.69) is 27.8 Å². The van der Waals surface area contributed by atoms with Crippen molar-refractivity contribution in [3.63, 3.8) is 0 Å². The van der Waals surface area contributed by atoms with Crippen molar-refractivity contribution in [1.82, 2.24) is 4.90 Å². The molecule has 2 rings (SSSR count). The molecule has 82 valence electrons. The molecular weight excluding hydrogens is 254 g/mol. The molecule has 15 heavy (non-hydrogen) atoms. The highest BCUT2D eigenvalue weighted by molar-refractivity contribution is 9.10. The average Bonchev–Trinajstić information content (AvgIpc) is 2.59. The molecule has 3 heteroatoms. The summed E-state index contributed by atoms with van der Waals surface area (Å²) < 4.78 is 0.784. The van der Waals surface area contributed by atoms with Crippen LogP contribution < -0.4 is 0 Å². The van der Waals surface area contributed by atoms with Crippen molar-refractivity contribution in [3.8, 4) is 5.75 Å². The second-order valence-corrected chi connectivity index (χ2v) is 5.10. The van der Waals surface area contributed by atoms with Gasteiger partial charge in [-0.2, -0.15) is 0 Å². The number of halogens is 1. The Morgan fingerprint density at radius 2 is 2.33 bits per heavy atom. The molecule has 1 N–H and O–H groups in total. The normalized spacial score (nSPS) is 22.1. The van der Waals surface area contributed by atoms with Crippen LogP contribution in [0.3, 0.4) is 0 Å². The second-order valence-electron chi connectivity index (χ2n) is 4.25. The lowest BCUT2D eigenvalue weighted by Gasteiger charge is -2.21. The number of likely N-dealkylation sites (tertiary alicyclic amines) is 1. The molecule has 1 heterocycles. The van der Waals surface area contributed by atoms with E-state index < -0.39 is 0 Å². The molecule has 0 radical (unpaired) electrons. The summed E-state index contributed by atoms with van der Waals surface area (Å²) in [6, 6.07) is 6.43. The van der Waals surface area contributed by atoms with Crippen molar-refractivity contribution in [1.29, 1.82) is 0 Å². The Labute approximate surface area is 99.0 Å². The molecule has 0 spiro atoms. The van der Waals surface area contributed by atoms with Gasteiger partial charge in [0, 0.05) is 12.6 Å². The fourth-order valence-corrected chi connectivity index (χ4v) is 2.54. The van der Waals surface area contributed by atoms with E-state index in [1.165, 1.54) is 24.9 Å². The SMILES string of the molecule is CC1CCCN1Cc1ccc(O)c(Br)c1. The maximum atomic E-state index is 9.40. The predicted molar refractivity (Wildman–Crippen MR) is 64.9 cm³/mol. The lowest BCUT2D eigenvalue weighted by Crippen LogP contribution is -2.26. The number of nitrogens with zero attached hydrogens (tertiary/aromatic N) is 1. The number of phenolic OH excluding ortho intramolecular Hbond substituents is 1. The smallest absolute Gasteiger partial charge is 0.129 e. The van der Waals surface area contributed by atoms with Crippen LogP contribution in [0.4, 0.5) is 0 Å². The Bertz CT molecular complexity index is 353. The summed E-state index contributed by atoms with van der Waals surface area (Å²) in [5.74, 6) is 0.313. The van der Waals surface area contributed by atoms with Gasteiger partial charge in [0.2, 0.25) is 0 Å². The summed E-state index contributed by atoms with van der Waals surface area (Å²) in [6.45, 7) is 4.46. The maximum Gasteiger partial charge on any atom is 0.129 e. The minimum absolute atomic E-state index is 0.313. The van der Waals surface area contributed by atoms with Crippen LogP contribution in [-0.2, 0) is 6.54 Å². The van der Waals surface area contributed by atoms with Crippen molar-refractivity contribution in [2.45, 2.75) is 32.4 Å². The van der Waals surface area contributed by atoms with E-state index in [0.717, 1.165) is 11.0 Å². The number of rotatable bonds is 2. The zero-order valence-electron chi connectivity index (χ0n) is 8.91. The van der Waals surface area contributed by atoms with Gasteiger partial charge in [-0.05, 0) is 59.9 Å². The molecule has 1 aromatic carbocycles. The van der Waals surface area contributed by atoms with Gasteiger partial charge >= 0.3 is 0 Å². The highest BCUT2D eigenvalue weighted by atomic mass is 79.9. The molecule has 1 fully saturated rings. The summed E-state index contributed by atoms with van der Waals surface area (Å²) in [5.41, 5.74) is 1.26. The van der Waals surface area contributed by atoms with Gasteiger partial charge in [-0.15, -0.1) is 0 Å². The van der Waals surface area contributed by atoms with Crippen molar-refractivity contribution in [3.05, 3.63) is 28.2 Å². The van der Waals surface area contributed by atoms with Crippen LogP contribution in [0.25, 0.3) is 0 Å². The first-order valence-corrected chi connectivity index (χ1v) is 6.17. The van der Waals surface area contributed by atoms with E-state index in [-0.39, 0.29) is 0 Å². The Kier molecular flexibility index (Phi) is 3.32. The van der Waals surface area contributed by atoms with E-state index in [9.17, 15) is 5.11 Å². The highest BCUT2D eigenvalue weighted by Crippen LogP contribution is 2.26. The van der Waals surface area contributed by atoms with Gasteiger partial charge in [-0.25, -0.2) is 0 Å². The summed E-state index contributed by atoms with van der Waals surface area (Å²) in [5, 5.41) is 9.40. The van der Waals surface area contributed by atoms with Crippen LogP contribution in [0.2, 0.25) is 0 Å². The van der Waals surface area contributed by atoms with E-state index in [1.54, 1.807) is 6.07 Å². The van der Waals surface area contributed by atoms with Crippen LogP contribution >= 0.6 is 15.9 Å². The molecule has 0 aliphatic carbocycles. The third kappa shape index (κ3) is 2.52. The molecule has 1 saturated heterocycles. The molecular formula is C12H16BrNO. The summed E-state index contributed by atoms with van der Waals surface area (Å²) in [7, 11) is 0. The van der Waals surface area contributed by atoms with Crippen molar-refractivity contribution in [2.75, 3.05) is 6.54 Å². The Balaban J connectivity index is 2.07. The Hall–Kier alpha value is -0.540. The zero-order valence-corrected chi connectivity index (χ0v) is 10.5. The Morgan fingerprint density at radius 1 is 1.53 bits per heavy atom. The second kappa shape index (κ2) is 4.54. The van der Waals surface area contributed by atoms with E-state index in [0.29, 0.717) is 11.8 Å². The van der Waals surface area contributed by atoms with E-state index in [1.807, 2.05) is 12.1 Å². The fraction of sp³-hybridized carbons (Fsp3) is 0.500. The summed E-state index contributed by atoms with van der Waals surface area (Å²) >= 11 is 3.34. The topological polar surface area (TPSA) is 23.5 Å². The molecule has 0 bridgehead atoms. The van der Waals surface area contributed by atoms with Crippen LogP contribution in [0.1, 0.15) is 25.3 Å². The minimum Gasteiger partial charge on any atom is -0.507 e.